The number of H-pyrrole nitrogens is 1. The van der Waals surface area contributed by atoms with Crippen LogP contribution in [0.1, 0.15) is 12.2 Å². The Balaban J connectivity index is 1.40. The van der Waals surface area contributed by atoms with Crippen molar-refractivity contribution >= 4 is 11.0 Å². The fraction of sp³-hybridized carbons (Fsp3) is 0.167. The van der Waals surface area contributed by atoms with Gasteiger partial charge in [-0.2, -0.15) is 0 Å². The van der Waals surface area contributed by atoms with Gasteiger partial charge in [0, 0.05) is 18.5 Å². The van der Waals surface area contributed by atoms with Crippen LogP contribution in [0, 0.1) is 5.82 Å². The fourth-order valence-electron chi connectivity index (χ4n) is 2.77. The molecule has 25 heavy (non-hydrogen) atoms. The largest absolute Gasteiger partial charge is 0.508 e. The number of hydrogen-bond donors (Lipinski definition) is 2. The molecule has 0 radical (unpaired) electrons. The number of phenols is 1. The van der Waals surface area contributed by atoms with Gasteiger partial charge in [0.2, 0.25) is 0 Å². The molecule has 0 aliphatic rings. The van der Waals surface area contributed by atoms with Gasteiger partial charge in [0.25, 0.3) is 0 Å². The molecule has 0 saturated carbocycles. The number of nitrogens with one attached hydrogen (secondary N) is 1. The van der Waals surface area contributed by atoms with Gasteiger partial charge in [0.15, 0.2) is 0 Å². The quantitative estimate of drug-likeness (QED) is 0.585. The summed E-state index contributed by atoms with van der Waals surface area (Å²) in [6, 6.07) is 11.4. The number of imidazole rings is 1. The summed E-state index contributed by atoms with van der Waals surface area (Å²) in [5.41, 5.74) is 3.02. The Morgan fingerprint density at radius 1 is 1.16 bits per heavy atom. The molecule has 0 spiro atoms. The van der Waals surface area contributed by atoms with Crippen molar-refractivity contribution in [3.63, 3.8) is 0 Å². The van der Waals surface area contributed by atoms with Crippen molar-refractivity contribution in [2.75, 3.05) is 0 Å². The Bertz CT molecular complexity index is 1020. The van der Waals surface area contributed by atoms with E-state index in [1.54, 1.807) is 28.9 Å². The molecule has 2 heterocycles. The molecule has 0 aliphatic heterocycles. The van der Waals surface area contributed by atoms with Crippen molar-refractivity contribution < 1.29 is 9.50 Å². The van der Waals surface area contributed by atoms with Gasteiger partial charge in [0.05, 0.1) is 17.2 Å². The van der Waals surface area contributed by atoms with Gasteiger partial charge in [-0.1, -0.05) is 17.3 Å². The van der Waals surface area contributed by atoms with E-state index < -0.39 is 0 Å². The molecule has 0 fully saturated rings. The highest BCUT2D eigenvalue weighted by Crippen LogP contribution is 2.20. The van der Waals surface area contributed by atoms with E-state index in [9.17, 15) is 9.50 Å². The van der Waals surface area contributed by atoms with Crippen LogP contribution in [-0.4, -0.2) is 30.1 Å². The molecule has 0 bridgehead atoms. The zero-order valence-corrected chi connectivity index (χ0v) is 13.4. The summed E-state index contributed by atoms with van der Waals surface area (Å²) in [6.45, 7) is 0.692. The molecule has 4 rings (SSSR count). The average molecular weight is 337 g/mol. The molecule has 6 nitrogen and oxygen atoms in total. The van der Waals surface area contributed by atoms with Crippen LogP contribution < -0.4 is 0 Å². The van der Waals surface area contributed by atoms with E-state index in [1.807, 2.05) is 12.3 Å². The maximum Gasteiger partial charge on any atom is 0.125 e. The number of benzene rings is 2. The first-order chi connectivity index (χ1) is 12.2. The van der Waals surface area contributed by atoms with Crippen molar-refractivity contribution in [2.45, 2.75) is 19.4 Å². The molecule has 0 amide bonds. The molecule has 2 aromatic heterocycles. The zero-order valence-electron chi connectivity index (χ0n) is 13.4. The number of fused-ring (bicyclic) bond motifs is 1. The number of phenolic OH excluding ortho intramolecular Hbond substituents is 1. The van der Waals surface area contributed by atoms with Crippen LogP contribution in [0.15, 0.2) is 48.7 Å². The number of hydrogen-bond acceptors (Lipinski definition) is 4. The van der Waals surface area contributed by atoms with E-state index in [2.05, 4.69) is 20.3 Å². The summed E-state index contributed by atoms with van der Waals surface area (Å²) in [7, 11) is 0. The van der Waals surface area contributed by atoms with Crippen LogP contribution in [0.4, 0.5) is 4.39 Å². The highest BCUT2D eigenvalue weighted by molar-refractivity contribution is 5.74. The number of aromatic hydroxyl groups is 1. The topological polar surface area (TPSA) is 79.6 Å². The molecular weight excluding hydrogens is 321 g/mol. The molecule has 7 heteroatoms. The number of aromatic amines is 1. The number of aromatic nitrogens is 5. The zero-order chi connectivity index (χ0) is 17.2. The van der Waals surface area contributed by atoms with Gasteiger partial charge in [-0.15, -0.1) is 5.10 Å². The lowest BCUT2D eigenvalue weighted by molar-refractivity contribution is 0.475. The van der Waals surface area contributed by atoms with Gasteiger partial charge in [-0.25, -0.2) is 9.37 Å². The fourth-order valence-corrected chi connectivity index (χ4v) is 2.77. The molecule has 4 aromatic rings. The Labute approximate surface area is 143 Å². The van der Waals surface area contributed by atoms with Gasteiger partial charge >= 0.3 is 0 Å². The van der Waals surface area contributed by atoms with E-state index >= 15 is 0 Å². The Morgan fingerprint density at radius 2 is 2.08 bits per heavy atom. The first kappa shape index (κ1) is 15.3. The third-order valence-electron chi connectivity index (χ3n) is 3.97. The lowest BCUT2D eigenvalue weighted by Crippen LogP contribution is -2.01. The van der Waals surface area contributed by atoms with Crippen LogP contribution in [0.5, 0.6) is 5.75 Å². The molecule has 0 aliphatic carbocycles. The van der Waals surface area contributed by atoms with Crippen LogP contribution >= 0.6 is 0 Å². The maximum absolute atomic E-state index is 13.2. The van der Waals surface area contributed by atoms with Gasteiger partial charge in [0.1, 0.15) is 23.1 Å². The Morgan fingerprint density at radius 3 is 2.96 bits per heavy atom. The van der Waals surface area contributed by atoms with Crippen molar-refractivity contribution in [2.24, 2.45) is 0 Å². The van der Waals surface area contributed by atoms with E-state index in [0.717, 1.165) is 35.4 Å². The summed E-state index contributed by atoms with van der Waals surface area (Å²) in [6.07, 6.45) is 3.41. The summed E-state index contributed by atoms with van der Waals surface area (Å²) >= 11 is 0. The minimum Gasteiger partial charge on any atom is -0.508 e. The predicted octanol–water partition coefficient (Wildman–Crippen LogP) is 3.30. The van der Waals surface area contributed by atoms with Crippen LogP contribution in [0.2, 0.25) is 0 Å². The SMILES string of the molecule is Oc1cccc(-c2cn(CCCc3nc4ccc(F)cc4[nH]3)nn2)c1. The lowest BCUT2D eigenvalue weighted by Gasteiger charge is -1.99. The van der Waals surface area contributed by atoms with E-state index in [1.165, 1.54) is 12.1 Å². The number of halogens is 1. The summed E-state index contributed by atoms with van der Waals surface area (Å²) < 4.78 is 15.0. The van der Waals surface area contributed by atoms with E-state index in [0.29, 0.717) is 12.1 Å². The minimum absolute atomic E-state index is 0.202. The van der Waals surface area contributed by atoms with E-state index in [4.69, 9.17) is 0 Å². The second kappa shape index (κ2) is 6.35. The first-order valence-corrected chi connectivity index (χ1v) is 8.01. The standard InChI is InChI=1S/C18H16FN5O/c19-13-6-7-15-16(10-13)21-18(20-15)5-2-8-24-11-17(22-23-24)12-3-1-4-14(25)9-12/h1,3-4,6-7,9-11,25H,2,5,8H2,(H,20,21). The van der Waals surface area contributed by atoms with Gasteiger partial charge < -0.3 is 10.1 Å². The minimum atomic E-state index is -0.273. The van der Waals surface area contributed by atoms with Gasteiger partial charge in [-0.05, 0) is 36.8 Å². The number of aryl methyl sites for hydroxylation is 2. The van der Waals surface area contributed by atoms with Crippen LogP contribution in [-0.2, 0) is 13.0 Å². The van der Waals surface area contributed by atoms with Crippen molar-refractivity contribution in [1.29, 1.82) is 0 Å². The summed E-state index contributed by atoms with van der Waals surface area (Å²) in [5, 5.41) is 17.8. The molecule has 0 unspecified atom stereocenters. The lowest BCUT2D eigenvalue weighted by atomic mass is 10.1. The predicted molar refractivity (Wildman–Crippen MR) is 91.5 cm³/mol. The normalized spacial score (nSPS) is 11.2. The van der Waals surface area contributed by atoms with Crippen molar-refractivity contribution in [1.82, 2.24) is 25.0 Å². The Kier molecular flexibility index (Phi) is 3.89. The second-order valence-corrected chi connectivity index (χ2v) is 5.87. The highest BCUT2D eigenvalue weighted by atomic mass is 19.1. The van der Waals surface area contributed by atoms with Crippen LogP contribution in [0.25, 0.3) is 22.3 Å². The second-order valence-electron chi connectivity index (χ2n) is 5.87. The smallest absolute Gasteiger partial charge is 0.125 e. The average Bonchev–Trinajstić information content (AvgIpc) is 3.21. The molecule has 2 aromatic carbocycles. The monoisotopic (exact) mass is 337 g/mol. The number of nitrogens with zero attached hydrogens (tertiary/aromatic N) is 4. The summed E-state index contributed by atoms with van der Waals surface area (Å²) in [4.78, 5) is 7.59. The third kappa shape index (κ3) is 3.35. The first-order valence-electron chi connectivity index (χ1n) is 8.01. The van der Waals surface area contributed by atoms with Gasteiger partial charge in [-0.3, -0.25) is 4.68 Å². The summed E-state index contributed by atoms with van der Waals surface area (Å²) in [5.74, 6) is 0.757. The van der Waals surface area contributed by atoms with Crippen molar-refractivity contribution in [3.8, 4) is 17.0 Å². The number of rotatable bonds is 5. The molecule has 2 N–H and O–H groups in total. The van der Waals surface area contributed by atoms with E-state index in [-0.39, 0.29) is 11.6 Å². The molecule has 126 valence electrons. The molecular formula is C18H16FN5O. The van der Waals surface area contributed by atoms with Crippen molar-refractivity contribution in [3.05, 3.63) is 60.3 Å². The molecule has 0 atom stereocenters. The maximum atomic E-state index is 13.2. The Hall–Kier alpha value is -3.22. The third-order valence-corrected chi connectivity index (χ3v) is 3.97. The molecule has 0 saturated heterocycles. The highest BCUT2D eigenvalue weighted by Gasteiger charge is 2.06. The van der Waals surface area contributed by atoms with Crippen LogP contribution in [0.3, 0.4) is 0 Å².